The van der Waals surface area contributed by atoms with Crippen molar-refractivity contribution in [2.24, 2.45) is 17.4 Å². The Hall–Kier alpha value is -2.72. The zero-order valence-electron chi connectivity index (χ0n) is 13.4. The van der Waals surface area contributed by atoms with Crippen molar-refractivity contribution in [2.45, 2.75) is 18.3 Å². The first kappa shape index (κ1) is 18.1. The molecule has 1 saturated heterocycles. The average molecular weight is 368 g/mol. The molecule has 1 aliphatic heterocycles. The summed E-state index contributed by atoms with van der Waals surface area (Å²) in [4.78, 5) is 31.4. The second-order valence-electron chi connectivity index (χ2n) is 6.03. The molecular formula is C16H15F3N4O3. The first-order chi connectivity index (χ1) is 12.1. The van der Waals surface area contributed by atoms with Gasteiger partial charge in [0, 0.05) is 17.8 Å². The summed E-state index contributed by atoms with van der Waals surface area (Å²) in [5.74, 6) is -4.39. The molecule has 1 aromatic carbocycles. The van der Waals surface area contributed by atoms with Crippen molar-refractivity contribution in [3.8, 4) is 0 Å². The molecule has 7 nitrogen and oxygen atoms in total. The quantitative estimate of drug-likeness (QED) is 0.787. The fraction of sp³-hybridized carbons (Fsp3) is 0.312. The second kappa shape index (κ2) is 6.22. The highest BCUT2D eigenvalue weighted by Gasteiger charge is 2.49. The van der Waals surface area contributed by atoms with Crippen LogP contribution < -0.4 is 11.5 Å². The van der Waals surface area contributed by atoms with Gasteiger partial charge in [-0.1, -0.05) is 12.1 Å². The van der Waals surface area contributed by atoms with Gasteiger partial charge in [0.25, 0.3) is 5.91 Å². The third kappa shape index (κ3) is 3.20. The van der Waals surface area contributed by atoms with Crippen molar-refractivity contribution in [3.63, 3.8) is 0 Å². The maximum absolute atomic E-state index is 12.4. The van der Waals surface area contributed by atoms with Crippen molar-refractivity contribution in [1.29, 1.82) is 0 Å². The summed E-state index contributed by atoms with van der Waals surface area (Å²) >= 11 is 0. The molecule has 2 aromatic rings. The van der Waals surface area contributed by atoms with Crippen LogP contribution in [0.5, 0.6) is 0 Å². The molecule has 1 unspecified atom stereocenters. The SMILES string of the molecule is NC(N)(c1ccc2ccncc2c1)C1CCN(OC(=O)C(F)(F)F)C1=O. The Morgan fingerprint density at radius 1 is 1.23 bits per heavy atom. The Morgan fingerprint density at radius 2 is 1.96 bits per heavy atom. The lowest BCUT2D eigenvalue weighted by molar-refractivity contribution is -0.234. The number of nitrogens with two attached hydrogens (primary N) is 2. The fourth-order valence-electron chi connectivity index (χ4n) is 2.89. The van der Waals surface area contributed by atoms with Gasteiger partial charge in [0.1, 0.15) is 5.66 Å². The van der Waals surface area contributed by atoms with Gasteiger partial charge in [-0.3, -0.25) is 9.78 Å². The van der Waals surface area contributed by atoms with Crippen LogP contribution in [0, 0.1) is 5.92 Å². The Kier molecular flexibility index (Phi) is 4.32. The molecule has 26 heavy (non-hydrogen) atoms. The molecular weight excluding hydrogens is 353 g/mol. The van der Waals surface area contributed by atoms with Crippen molar-refractivity contribution in [2.75, 3.05) is 6.54 Å². The van der Waals surface area contributed by atoms with Gasteiger partial charge in [0.05, 0.1) is 12.5 Å². The van der Waals surface area contributed by atoms with E-state index in [1.165, 1.54) is 0 Å². The number of nitrogens with zero attached hydrogens (tertiary/aromatic N) is 2. The smallest absolute Gasteiger partial charge is 0.330 e. The van der Waals surface area contributed by atoms with E-state index in [-0.39, 0.29) is 13.0 Å². The predicted molar refractivity (Wildman–Crippen MR) is 83.8 cm³/mol. The van der Waals surface area contributed by atoms with Gasteiger partial charge in [-0.05, 0) is 29.5 Å². The standard InChI is InChI=1S/C16H15F3N4O3/c17-16(18,19)14(25)26-23-6-4-12(13(23)24)15(20,21)11-2-1-9-3-5-22-8-10(9)7-11/h1-3,5,7-8,12H,4,6,20-21H2. The summed E-state index contributed by atoms with van der Waals surface area (Å²) in [6, 6.07) is 6.84. The number of hydroxylamine groups is 2. The molecule has 0 spiro atoms. The summed E-state index contributed by atoms with van der Waals surface area (Å²) in [7, 11) is 0. The molecule has 0 bridgehead atoms. The van der Waals surface area contributed by atoms with Gasteiger partial charge in [-0.15, -0.1) is 0 Å². The summed E-state index contributed by atoms with van der Waals surface area (Å²) in [5.41, 5.74) is 11.1. The first-order valence-electron chi connectivity index (χ1n) is 7.63. The first-order valence-corrected chi connectivity index (χ1v) is 7.63. The van der Waals surface area contributed by atoms with E-state index in [1.807, 2.05) is 0 Å². The van der Waals surface area contributed by atoms with E-state index in [4.69, 9.17) is 11.5 Å². The second-order valence-corrected chi connectivity index (χ2v) is 6.03. The summed E-state index contributed by atoms with van der Waals surface area (Å²) < 4.78 is 36.9. The van der Waals surface area contributed by atoms with Gasteiger partial charge in [0.15, 0.2) is 0 Å². The number of halogens is 3. The van der Waals surface area contributed by atoms with Crippen LogP contribution in [0.25, 0.3) is 10.8 Å². The zero-order chi connectivity index (χ0) is 19.1. The Balaban J connectivity index is 1.83. The number of benzene rings is 1. The number of aromatic nitrogens is 1. The molecule has 1 amide bonds. The highest BCUT2D eigenvalue weighted by molar-refractivity contribution is 5.85. The minimum Gasteiger partial charge on any atom is -0.330 e. The number of rotatable bonds is 3. The Bertz CT molecular complexity index is 869. The molecule has 1 atom stereocenters. The zero-order valence-corrected chi connectivity index (χ0v) is 13.4. The molecule has 0 radical (unpaired) electrons. The molecule has 0 aliphatic carbocycles. The Morgan fingerprint density at radius 3 is 2.65 bits per heavy atom. The number of pyridine rings is 1. The van der Waals surface area contributed by atoms with Crippen molar-refractivity contribution >= 4 is 22.6 Å². The summed E-state index contributed by atoms with van der Waals surface area (Å²) in [5, 5.41) is 1.99. The van der Waals surface area contributed by atoms with E-state index in [0.717, 1.165) is 10.8 Å². The third-order valence-corrected chi connectivity index (χ3v) is 4.31. The van der Waals surface area contributed by atoms with E-state index < -0.39 is 29.6 Å². The average Bonchev–Trinajstić information content (AvgIpc) is 2.95. The molecule has 10 heteroatoms. The number of fused-ring (bicyclic) bond motifs is 1. The van der Waals surface area contributed by atoms with Crippen LogP contribution in [0.4, 0.5) is 13.2 Å². The van der Waals surface area contributed by atoms with Crippen molar-refractivity contribution in [3.05, 3.63) is 42.2 Å². The van der Waals surface area contributed by atoms with E-state index in [2.05, 4.69) is 9.82 Å². The van der Waals surface area contributed by atoms with Gasteiger partial charge < -0.3 is 16.3 Å². The summed E-state index contributed by atoms with van der Waals surface area (Å²) in [6.45, 7) is -0.226. The van der Waals surface area contributed by atoms with Crippen molar-refractivity contribution in [1.82, 2.24) is 10.0 Å². The maximum atomic E-state index is 12.4. The van der Waals surface area contributed by atoms with Crippen LogP contribution in [0.1, 0.15) is 12.0 Å². The van der Waals surface area contributed by atoms with Crippen LogP contribution in [-0.4, -0.2) is 34.6 Å². The minimum absolute atomic E-state index is 0.0437. The maximum Gasteiger partial charge on any atom is 0.493 e. The number of carbonyl (C=O) groups is 2. The molecule has 0 saturated carbocycles. The van der Waals surface area contributed by atoms with E-state index in [9.17, 15) is 22.8 Å². The van der Waals surface area contributed by atoms with Crippen LogP contribution in [0.3, 0.4) is 0 Å². The number of hydrogen-bond donors (Lipinski definition) is 2. The van der Waals surface area contributed by atoms with E-state index in [0.29, 0.717) is 10.6 Å². The fourth-order valence-corrected chi connectivity index (χ4v) is 2.89. The van der Waals surface area contributed by atoms with Gasteiger partial charge in [-0.2, -0.15) is 18.2 Å². The molecule has 3 rings (SSSR count). The number of hydrogen-bond acceptors (Lipinski definition) is 6. The van der Waals surface area contributed by atoms with Crippen LogP contribution in [0.2, 0.25) is 0 Å². The molecule has 1 aliphatic rings. The monoisotopic (exact) mass is 368 g/mol. The molecule has 4 N–H and O–H groups in total. The molecule has 1 aromatic heterocycles. The topological polar surface area (TPSA) is 112 Å². The van der Waals surface area contributed by atoms with E-state index >= 15 is 0 Å². The van der Waals surface area contributed by atoms with E-state index in [1.54, 1.807) is 36.7 Å². The van der Waals surface area contributed by atoms with Gasteiger partial charge in [0.2, 0.25) is 0 Å². The van der Waals surface area contributed by atoms with Gasteiger partial charge >= 0.3 is 12.1 Å². The highest BCUT2D eigenvalue weighted by atomic mass is 19.4. The third-order valence-electron chi connectivity index (χ3n) is 4.31. The minimum atomic E-state index is -5.20. The number of amides is 1. The summed E-state index contributed by atoms with van der Waals surface area (Å²) in [6.07, 6.45) is -1.94. The lowest BCUT2D eigenvalue weighted by Crippen LogP contribution is -2.55. The lowest BCUT2D eigenvalue weighted by atomic mass is 9.85. The van der Waals surface area contributed by atoms with Gasteiger partial charge in [-0.25, -0.2) is 4.79 Å². The van der Waals surface area contributed by atoms with Crippen LogP contribution >= 0.6 is 0 Å². The largest absolute Gasteiger partial charge is 0.493 e. The molecule has 1 fully saturated rings. The normalized spacial score (nSPS) is 18.4. The highest BCUT2D eigenvalue weighted by Crippen LogP contribution is 2.33. The number of carbonyl (C=O) groups excluding carboxylic acids is 2. The lowest BCUT2D eigenvalue weighted by Gasteiger charge is -2.30. The van der Waals surface area contributed by atoms with Crippen LogP contribution in [0.15, 0.2) is 36.7 Å². The predicted octanol–water partition coefficient (Wildman–Crippen LogP) is 1.17. The van der Waals surface area contributed by atoms with Crippen molar-refractivity contribution < 1.29 is 27.6 Å². The number of alkyl halides is 3. The molecule has 138 valence electrons. The van der Waals surface area contributed by atoms with Crippen LogP contribution in [-0.2, 0) is 20.1 Å². The Labute approximate surface area is 145 Å². The molecule has 2 heterocycles.